The summed E-state index contributed by atoms with van der Waals surface area (Å²) in [5.74, 6) is 1.46. The van der Waals surface area contributed by atoms with Crippen molar-refractivity contribution in [1.29, 1.82) is 0 Å². The summed E-state index contributed by atoms with van der Waals surface area (Å²) in [6, 6.07) is 10.6. The van der Waals surface area contributed by atoms with Gasteiger partial charge in [0, 0.05) is 31.6 Å². The number of alkyl halides is 3. The van der Waals surface area contributed by atoms with Crippen molar-refractivity contribution in [3.05, 3.63) is 53.6 Å². The summed E-state index contributed by atoms with van der Waals surface area (Å²) in [4.78, 5) is 21.3. The molecule has 2 aliphatic rings. The zero-order chi connectivity index (χ0) is 23.1. The van der Waals surface area contributed by atoms with E-state index in [2.05, 4.69) is 4.99 Å². The fourth-order valence-corrected chi connectivity index (χ4v) is 3.95. The lowest BCUT2D eigenvalue weighted by Crippen LogP contribution is -2.42. The second kappa shape index (κ2) is 8.15. The van der Waals surface area contributed by atoms with Crippen LogP contribution in [-0.2, 0) is 11.0 Å². The van der Waals surface area contributed by atoms with E-state index in [1.54, 1.807) is 6.07 Å². The molecule has 0 bridgehead atoms. The standard InChI is InChI=1S/C24H26F3N3O2/c1-23(2,3)22(31)30-12-6-11-29(13-14-30)21-17-7-4-5-8-19(17)32-20-10-9-16(24(25,26)27)15-18(20)28-21/h4-5,7-10,15H,6,11-14H2,1-3H3. The Hall–Kier alpha value is -3.03. The minimum atomic E-state index is -4.47. The highest BCUT2D eigenvalue weighted by Crippen LogP contribution is 2.41. The Kier molecular flexibility index (Phi) is 5.65. The molecule has 0 spiro atoms. The number of hydrogen-bond donors (Lipinski definition) is 0. The number of carbonyl (C=O) groups excluding carboxylic acids is 1. The van der Waals surface area contributed by atoms with Crippen molar-refractivity contribution < 1.29 is 22.7 Å². The van der Waals surface area contributed by atoms with Gasteiger partial charge in [0.2, 0.25) is 5.91 Å². The highest BCUT2D eigenvalue weighted by Gasteiger charge is 2.33. The van der Waals surface area contributed by atoms with Gasteiger partial charge in [-0.25, -0.2) is 4.99 Å². The number of amidine groups is 1. The van der Waals surface area contributed by atoms with Crippen molar-refractivity contribution in [2.75, 3.05) is 26.2 Å². The number of nitrogens with zero attached hydrogens (tertiary/aromatic N) is 3. The Morgan fingerprint density at radius 3 is 2.44 bits per heavy atom. The molecule has 8 heteroatoms. The average Bonchev–Trinajstić information content (AvgIpc) is 3.06. The number of para-hydroxylation sites is 1. The van der Waals surface area contributed by atoms with Gasteiger partial charge in [-0.2, -0.15) is 13.2 Å². The molecular weight excluding hydrogens is 419 g/mol. The Bertz CT molecular complexity index is 1060. The van der Waals surface area contributed by atoms with Crippen LogP contribution in [0.4, 0.5) is 18.9 Å². The van der Waals surface area contributed by atoms with Crippen LogP contribution in [0.15, 0.2) is 47.5 Å². The lowest BCUT2D eigenvalue weighted by molar-refractivity contribution is -0.139. The van der Waals surface area contributed by atoms with E-state index >= 15 is 0 Å². The molecule has 2 aliphatic heterocycles. The third kappa shape index (κ3) is 4.45. The summed E-state index contributed by atoms with van der Waals surface area (Å²) in [6.07, 6.45) is -3.74. The van der Waals surface area contributed by atoms with Gasteiger partial charge in [-0.3, -0.25) is 4.79 Å². The minimum Gasteiger partial charge on any atom is -0.454 e. The van der Waals surface area contributed by atoms with Gasteiger partial charge in [-0.15, -0.1) is 0 Å². The molecular formula is C24H26F3N3O2. The van der Waals surface area contributed by atoms with Crippen molar-refractivity contribution in [1.82, 2.24) is 9.80 Å². The predicted molar refractivity (Wildman–Crippen MR) is 116 cm³/mol. The quantitative estimate of drug-likeness (QED) is 0.540. The molecule has 0 aliphatic carbocycles. The molecule has 1 fully saturated rings. The van der Waals surface area contributed by atoms with E-state index < -0.39 is 17.2 Å². The number of ether oxygens (including phenoxy) is 1. The van der Waals surface area contributed by atoms with E-state index in [4.69, 9.17) is 4.74 Å². The number of halogens is 3. The van der Waals surface area contributed by atoms with Crippen molar-refractivity contribution in [3.8, 4) is 11.5 Å². The number of aliphatic imine (C=N–C) groups is 1. The summed E-state index contributed by atoms with van der Waals surface area (Å²) < 4.78 is 45.9. The van der Waals surface area contributed by atoms with Gasteiger partial charge in [0.25, 0.3) is 0 Å². The highest BCUT2D eigenvalue weighted by molar-refractivity contribution is 6.03. The molecule has 2 aromatic rings. The number of benzene rings is 2. The van der Waals surface area contributed by atoms with Crippen LogP contribution in [0.3, 0.4) is 0 Å². The zero-order valence-corrected chi connectivity index (χ0v) is 18.4. The normalized spacial score (nSPS) is 16.9. The SMILES string of the molecule is CC(C)(C)C(=O)N1CCCN(C2=Nc3cc(C(F)(F)F)ccc3Oc3ccccc32)CC1. The number of hydrogen-bond acceptors (Lipinski definition) is 4. The summed E-state index contributed by atoms with van der Waals surface area (Å²) in [7, 11) is 0. The van der Waals surface area contributed by atoms with Crippen LogP contribution in [0.1, 0.15) is 38.3 Å². The molecule has 0 atom stereocenters. The molecule has 0 N–H and O–H groups in total. The lowest BCUT2D eigenvalue weighted by Gasteiger charge is -2.29. The number of amides is 1. The van der Waals surface area contributed by atoms with Gasteiger partial charge >= 0.3 is 6.18 Å². The van der Waals surface area contributed by atoms with Crippen LogP contribution in [-0.4, -0.2) is 47.7 Å². The predicted octanol–water partition coefficient (Wildman–Crippen LogP) is 5.47. The third-order valence-corrected chi connectivity index (χ3v) is 5.58. The smallest absolute Gasteiger partial charge is 0.416 e. The fraction of sp³-hybridized carbons (Fsp3) is 0.417. The Morgan fingerprint density at radius 1 is 0.969 bits per heavy atom. The Balaban J connectivity index is 1.72. The molecule has 2 heterocycles. The monoisotopic (exact) mass is 445 g/mol. The fourth-order valence-electron chi connectivity index (χ4n) is 3.95. The first kappa shape index (κ1) is 22.2. The van der Waals surface area contributed by atoms with Crippen LogP contribution >= 0.6 is 0 Å². The maximum atomic E-state index is 13.3. The van der Waals surface area contributed by atoms with E-state index in [9.17, 15) is 18.0 Å². The van der Waals surface area contributed by atoms with Crippen LogP contribution in [0.5, 0.6) is 11.5 Å². The molecule has 5 nitrogen and oxygen atoms in total. The first-order chi connectivity index (χ1) is 15.0. The van der Waals surface area contributed by atoms with E-state index in [0.717, 1.165) is 18.6 Å². The molecule has 32 heavy (non-hydrogen) atoms. The number of fused-ring (bicyclic) bond motifs is 2. The van der Waals surface area contributed by atoms with E-state index in [0.29, 0.717) is 43.3 Å². The molecule has 0 radical (unpaired) electrons. The third-order valence-electron chi connectivity index (χ3n) is 5.58. The van der Waals surface area contributed by atoms with E-state index in [1.807, 2.05) is 48.8 Å². The summed E-state index contributed by atoms with van der Waals surface area (Å²) in [6.45, 7) is 8.02. The average molecular weight is 445 g/mol. The minimum absolute atomic E-state index is 0.0889. The molecule has 0 aromatic heterocycles. The van der Waals surface area contributed by atoms with Crippen molar-refractivity contribution in [2.24, 2.45) is 10.4 Å². The topological polar surface area (TPSA) is 45.1 Å². The summed E-state index contributed by atoms with van der Waals surface area (Å²) >= 11 is 0. The second-order valence-corrected chi connectivity index (χ2v) is 9.10. The van der Waals surface area contributed by atoms with Crippen molar-refractivity contribution >= 4 is 17.4 Å². The molecule has 0 saturated carbocycles. The van der Waals surface area contributed by atoms with Crippen molar-refractivity contribution in [2.45, 2.75) is 33.4 Å². The Morgan fingerprint density at radius 2 is 1.72 bits per heavy atom. The van der Waals surface area contributed by atoms with Crippen LogP contribution in [0.2, 0.25) is 0 Å². The number of carbonyl (C=O) groups is 1. The van der Waals surface area contributed by atoms with Gasteiger partial charge in [-0.05, 0) is 36.8 Å². The van der Waals surface area contributed by atoms with Crippen LogP contribution in [0.25, 0.3) is 0 Å². The summed E-state index contributed by atoms with van der Waals surface area (Å²) in [5, 5.41) is 0. The van der Waals surface area contributed by atoms with Crippen molar-refractivity contribution in [3.63, 3.8) is 0 Å². The maximum absolute atomic E-state index is 13.3. The van der Waals surface area contributed by atoms with Crippen LogP contribution < -0.4 is 4.74 Å². The molecule has 4 rings (SSSR count). The van der Waals surface area contributed by atoms with Gasteiger partial charge in [0.15, 0.2) is 5.75 Å². The van der Waals surface area contributed by atoms with Gasteiger partial charge in [0.1, 0.15) is 17.3 Å². The maximum Gasteiger partial charge on any atom is 0.416 e. The highest BCUT2D eigenvalue weighted by atomic mass is 19.4. The van der Waals surface area contributed by atoms with Gasteiger partial charge in [0.05, 0.1) is 11.1 Å². The molecule has 0 unspecified atom stereocenters. The van der Waals surface area contributed by atoms with E-state index in [-0.39, 0.29) is 17.3 Å². The van der Waals surface area contributed by atoms with E-state index in [1.165, 1.54) is 6.07 Å². The second-order valence-electron chi connectivity index (χ2n) is 9.10. The molecule has 1 amide bonds. The molecule has 2 aromatic carbocycles. The van der Waals surface area contributed by atoms with Crippen LogP contribution in [0, 0.1) is 5.41 Å². The first-order valence-corrected chi connectivity index (χ1v) is 10.7. The van der Waals surface area contributed by atoms with Gasteiger partial charge in [-0.1, -0.05) is 32.9 Å². The van der Waals surface area contributed by atoms with Gasteiger partial charge < -0.3 is 14.5 Å². The number of rotatable bonds is 0. The zero-order valence-electron chi connectivity index (χ0n) is 18.4. The largest absolute Gasteiger partial charge is 0.454 e. The molecule has 1 saturated heterocycles. The first-order valence-electron chi connectivity index (χ1n) is 10.7. The Labute approximate surface area is 185 Å². The summed E-state index contributed by atoms with van der Waals surface area (Å²) in [5.41, 5.74) is -0.389. The lowest BCUT2D eigenvalue weighted by atomic mass is 9.94. The molecule has 170 valence electrons.